The van der Waals surface area contributed by atoms with Crippen LogP contribution in [0.15, 0.2) is 15.9 Å². The number of nitrogens with zero attached hydrogens (tertiary/aromatic N) is 2. The minimum atomic E-state index is -2.16. The maximum absolute atomic E-state index is 11.3. The zero-order valence-electron chi connectivity index (χ0n) is 18.0. The highest BCUT2D eigenvalue weighted by atomic mass is 16.4. The van der Waals surface area contributed by atoms with Crippen LogP contribution in [0.3, 0.4) is 0 Å². The Balaban J connectivity index is 0.000000250. The van der Waals surface area contributed by atoms with Gasteiger partial charge in [-0.2, -0.15) is 0 Å². The fraction of sp³-hybridized carbons (Fsp3) is 0.500. The first-order chi connectivity index (χ1) is 15.2. The number of carboxylic acid groups (broad SMARTS) is 3. The maximum atomic E-state index is 11.3. The highest BCUT2D eigenvalue weighted by Crippen LogP contribution is 2.21. The lowest BCUT2D eigenvalue weighted by molar-refractivity contribution is -0.170. The van der Waals surface area contributed by atoms with Crippen LogP contribution < -0.4 is 16.6 Å². The number of aliphatic carboxylic acids is 3. The molecule has 33 heavy (non-hydrogen) atoms. The number of H-pyrrole nitrogens is 2. The second-order valence-electron chi connectivity index (χ2n) is 7.37. The number of hydrogen-bond donors (Lipinski definition) is 7. The summed E-state index contributed by atoms with van der Waals surface area (Å²) in [6.07, 6.45) is 1.35. The number of imidazole rings is 1. The van der Waals surface area contributed by atoms with Crippen LogP contribution >= 0.6 is 0 Å². The van der Waals surface area contributed by atoms with Crippen molar-refractivity contribution in [3.63, 3.8) is 0 Å². The van der Waals surface area contributed by atoms with Crippen LogP contribution in [0.4, 0.5) is 0 Å². The fourth-order valence-corrected chi connectivity index (χ4v) is 2.55. The van der Waals surface area contributed by atoms with Gasteiger partial charge in [0.25, 0.3) is 5.56 Å². The van der Waals surface area contributed by atoms with E-state index >= 15 is 0 Å². The summed E-state index contributed by atoms with van der Waals surface area (Å²) in [4.78, 5) is 72.3. The molecule has 1 aliphatic heterocycles. The third-order valence-electron chi connectivity index (χ3n) is 4.73. The Hall–Kier alpha value is -4.01. The standard InChI is InChI=1S/C7H12O5.C6H6N4O2.C5H7NO3/c1-4(2)7(12,6(10)11)3-5(8)9;1-10-5(11)3-4(8-2-7-3)9-6(10)12;7-4-2-1-3(6-4)5(8)9/h4,12H,3H2,1-2H3,(H,8,9)(H,10,11);2H,1H3,(H,7,8)(H,9,12);3H,1-2H2,(H,6,7)(H,8,9). The van der Waals surface area contributed by atoms with E-state index in [-0.39, 0.29) is 11.5 Å². The fourth-order valence-electron chi connectivity index (χ4n) is 2.55. The Morgan fingerprint density at radius 3 is 2.18 bits per heavy atom. The van der Waals surface area contributed by atoms with E-state index in [9.17, 15) is 33.9 Å². The van der Waals surface area contributed by atoms with Crippen molar-refractivity contribution < 1.29 is 39.6 Å². The third kappa shape index (κ3) is 6.99. The van der Waals surface area contributed by atoms with E-state index < -0.39 is 47.6 Å². The SMILES string of the molecule is CC(C)C(O)(CC(=O)O)C(=O)O.Cn1c(=O)[nH]c2nc[nH]c2c1=O.O=C1CCC(C(=O)O)N1. The lowest BCUT2D eigenvalue weighted by Gasteiger charge is -2.25. The van der Waals surface area contributed by atoms with Gasteiger partial charge in [0.05, 0.1) is 12.7 Å². The van der Waals surface area contributed by atoms with Crippen LogP contribution in [0.2, 0.25) is 0 Å². The molecule has 15 heteroatoms. The summed E-state index contributed by atoms with van der Waals surface area (Å²) in [6.45, 7) is 2.91. The zero-order chi connectivity index (χ0) is 25.5. The highest BCUT2D eigenvalue weighted by Gasteiger charge is 2.41. The molecule has 3 heterocycles. The predicted molar refractivity (Wildman–Crippen MR) is 110 cm³/mol. The van der Waals surface area contributed by atoms with E-state index in [2.05, 4.69) is 20.3 Å². The van der Waals surface area contributed by atoms with Crippen LogP contribution in [0.5, 0.6) is 0 Å². The Morgan fingerprint density at radius 1 is 1.21 bits per heavy atom. The van der Waals surface area contributed by atoms with Crippen LogP contribution in [0, 0.1) is 5.92 Å². The number of nitrogens with one attached hydrogen (secondary N) is 3. The average molecular weight is 471 g/mol. The second-order valence-corrected chi connectivity index (χ2v) is 7.37. The molecule has 0 radical (unpaired) electrons. The van der Waals surface area contributed by atoms with Gasteiger partial charge in [-0.25, -0.2) is 19.4 Å². The number of aliphatic hydroxyl groups is 1. The number of hydrogen-bond acceptors (Lipinski definition) is 8. The van der Waals surface area contributed by atoms with Gasteiger partial charge >= 0.3 is 23.6 Å². The molecule has 3 rings (SSSR count). The topological polar surface area (TPSA) is 245 Å². The van der Waals surface area contributed by atoms with Crippen molar-refractivity contribution in [1.29, 1.82) is 0 Å². The molecule has 0 aliphatic carbocycles. The summed E-state index contributed by atoms with van der Waals surface area (Å²) >= 11 is 0. The first-order valence-electron chi connectivity index (χ1n) is 9.52. The number of fused-ring (bicyclic) bond motifs is 1. The molecule has 15 nitrogen and oxygen atoms in total. The van der Waals surface area contributed by atoms with Gasteiger partial charge in [-0.05, 0) is 12.3 Å². The normalized spacial score (nSPS) is 16.6. The monoisotopic (exact) mass is 471 g/mol. The molecule has 0 bridgehead atoms. The highest BCUT2D eigenvalue weighted by molar-refractivity contribution is 5.87. The Kier molecular flexibility index (Phi) is 9.03. The Morgan fingerprint density at radius 2 is 1.82 bits per heavy atom. The molecule has 1 saturated heterocycles. The van der Waals surface area contributed by atoms with Gasteiger partial charge in [-0.3, -0.25) is 23.9 Å². The molecule has 2 unspecified atom stereocenters. The second kappa shape index (κ2) is 11.0. The minimum absolute atomic E-state index is 0.164. The summed E-state index contributed by atoms with van der Waals surface area (Å²) in [7, 11) is 1.40. The molecular formula is C18H25N5O10. The van der Waals surface area contributed by atoms with Crippen molar-refractivity contribution in [2.75, 3.05) is 0 Å². The molecule has 1 aliphatic rings. The predicted octanol–water partition coefficient (Wildman–Crippen LogP) is -1.77. The van der Waals surface area contributed by atoms with Crippen LogP contribution in [0.25, 0.3) is 11.2 Å². The van der Waals surface area contributed by atoms with Gasteiger partial charge in [-0.15, -0.1) is 0 Å². The first-order valence-corrected chi connectivity index (χ1v) is 9.52. The molecule has 2 atom stereocenters. The van der Waals surface area contributed by atoms with E-state index in [1.807, 2.05) is 0 Å². The number of amides is 1. The molecule has 0 aromatic carbocycles. The summed E-state index contributed by atoms with van der Waals surface area (Å²) in [5, 5.41) is 36.8. The Bertz CT molecular complexity index is 1150. The van der Waals surface area contributed by atoms with E-state index in [0.29, 0.717) is 24.0 Å². The average Bonchev–Trinajstić information content (AvgIpc) is 3.35. The van der Waals surface area contributed by atoms with E-state index in [1.54, 1.807) is 0 Å². The number of carbonyl (C=O) groups is 4. The lowest BCUT2D eigenvalue weighted by atomic mass is 9.87. The minimum Gasteiger partial charge on any atom is -0.481 e. The molecule has 7 N–H and O–H groups in total. The number of aromatic nitrogens is 4. The number of rotatable bonds is 5. The van der Waals surface area contributed by atoms with Crippen LogP contribution in [-0.2, 0) is 26.2 Å². The van der Waals surface area contributed by atoms with Gasteiger partial charge in [0.1, 0.15) is 11.6 Å². The van der Waals surface area contributed by atoms with Gasteiger partial charge in [-0.1, -0.05) is 13.8 Å². The van der Waals surface area contributed by atoms with Gasteiger partial charge in [0.2, 0.25) is 5.91 Å². The number of aromatic amines is 2. The Labute approximate surface area is 185 Å². The van der Waals surface area contributed by atoms with Crippen molar-refractivity contribution in [3.05, 3.63) is 27.2 Å². The molecule has 2 aromatic rings. The largest absolute Gasteiger partial charge is 0.481 e. The molecule has 182 valence electrons. The zero-order valence-corrected chi connectivity index (χ0v) is 18.0. The summed E-state index contributed by atoms with van der Waals surface area (Å²) in [6, 6.07) is -0.641. The number of carboxylic acids is 3. The van der Waals surface area contributed by atoms with Crippen molar-refractivity contribution in [1.82, 2.24) is 24.8 Å². The van der Waals surface area contributed by atoms with Crippen molar-refractivity contribution in [2.24, 2.45) is 13.0 Å². The lowest BCUT2D eigenvalue weighted by Crippen LogP contribution is -2.45. The molecule has 0 saturated carbocycles. The maximum Gasteiger partial charge on any atom is 0.336 e. The van der Waals surface area contributed by atoms with E-state index in [1.165, 1.54) is 27.2 Å². The van der Waals surface area contributed by atoms with Gasteiger partial charge in [0, 0.05) is 13.5 Å². The first kappa shape index (κ1) is 27.0. The van der Waals surface area contributed by atoms with E-state index in [0.717, 1.165) is 4.57 Å². The van der Waals surface area contributed by atoms with Gasteiger partial charge < -0.3 is 30.7 Å². The van der Waals surface area contributed by atoms with Crippen LogP contribution in [-0.4, -0.2) is 75.4 Å². The molecule has 0 spiro atoms. The quantitative estimate of drug-likeness (QED) is 0.257. The summed E-state index contributed by atoms with van der Waals surface area (Å²) in [5.74, 6) is -4.57. The molecular weight excluding hydrogens is 446 g/mol. The van der Waals surface area contributed by atoms with Crippen molar-refractivity contribution in [2.45, 2.75) is 44.8 Å². The van der Waals surface area contributed by atoms with Gasteiger partial charge in [0.15, 0.2) is 11.2 Å². The smallest absolute Gasteiger partial charge is 0.336 e. The molecule has 2 aromatic heterocycles. The van der Waals surface area contributed by atoms with Crippen molar-refractivity contribution >= 4 is 35.0 Å². The van der Waals surface area contributed by atoms with Crippen molar-refractivity contribution in [3.8, 4) is 0 Å². The summed E-state index contributed by atoms with van der Waals surface area (Å²) < 4.78 is 0.987. The molecule has 1 fully saturated rings. The van der Waals surface area contributed by atoms with E-state index in [4.69, 9.17) is 15.3 Å². The van der Waals surface area contributed by atoms with Crippen LogP contribution in [0.1, 0.15) is 33.1 Å². The number of carbonyl (C=O) groups excluding carboxylic acids is 1. The summed E-state index contributed by atoms with van der Waals surface area (Å²) in [5.41, 5.74) is -2.38. The third-order valence-corrected chi connectivity index (χ3v) is 4.73. The molecule has 1 amide bonds.